The van der Waals surface area contributed by atoms with E-state index >= 15 is 0 Å². The van der Waals surface area contributed by atoms with Crippen LogP contribution in [0.4, 0.5) is 10.7 Å². The Bertz CT molecular complexity index is 500. The van der Waals surface area contributed by atoms with Crippen molar-refractivity contribution in [2.75, 3.05) is 17.6 Å². The number of thiophene rings is 1. The molecule has 0 aliphatic heterocycles. The van der Waals surface area contributed by atoms with Crippen LogP contribution in [0, 0.1) is 17.2 Å². The van der Waals surface area contributed by atoms with Crippen molar-refractivity contribution in [1.29, 1.82) is 5.26 Å². The lowest BCUT2D eigenvalue weighted by molar-refractivity contribution is 0.0944. The van der Waals surface area contributed by atoms with Crippen LogP contribution in [-0.4, -0.2) is 12.3 Å². The van der Waals surface area contributed by atoms with E-state index in [2.05, 4.69) is 18.3 Å². The molecule has 0 saturated heterocycles. The first-order chi connectivity index (χ1) is 9.52. The molecule has 0 fully saturated rings. The summed E-state index contributed by atoms with van der Waals surface area (Å²) in [7, 11) is 0. The van der Waals surface area contributed by atoms with Crippen LogP contribution in [-0.2, 0) is 0 Å². The number of nitrogens with zero attached hydrogens (tertiary/aromatic N) is 1. The van der Waals surface area contributed by atoms with Gasteiger partial charge in [0.2, 0.25) is 0 Å². The van der Waals surface area contributed by atoms with Gasteiger partial charge in [0.1, 0.15) is 16.6 Å². The number of nitrogens with one attached hydrogen (secondary N) is 1. The number of anilines is 2. The fourth-order valence-corrected chi connectivity index (χ4v) is 3.06. The van der Waals surface area contributed by atoms with Gasteiger partial charge >= 0.3 is 0 Å². The Morgan fingerprint density at radius 3 is 2.65 bits per heavy atom. The van der Waals surface area contributed by atoms with Crippen molar-refractivity contribution >= 4 is 27.8 Å². The van der Waals surface area contributed by atoms with Gasteiger partial charge in [0, 0.05) is 12.5 Å². The van der Waals surface area contributed by atoms with Gasteiger partial charge in [-0.3, -0.25) is 4.79 Å². The van der Waals surface area contributed by atoms with E-state index in [1.165, 1.54) is 30.6 Å². The maximum Gasteiger partial charge on any atom is 0.177 e. The van der Waals surface area contributed by atoms with Gasteiger partial charge in [-0.25, -0.2) is 0 Å². The molecule has 110 valence electrons. The first kappa shape index (κ1) is 16.5. The number of ketones is 1. The number of nitriles is 1. The Balaban J connectivity index is 2.79. The maximum atomic E-state index is 12.1. The third-order valence-corrected chi connectivity index (χ3v) is 4.30. The van der Waals surface area contributed by atoms with Crippen molar-refractivity contribution in [3.63, 3.8) is 0 Å². The van der Waals surface area contributed by atoms with Crippen LogP contribution in [0.1, 0.15) is 61.7 Å². The first-order valence-corrected chi connectivity index (χ1v) is 7.95. The van der Waals surface area contributed by atoms with Crippen LogP contribution in [0.2, 0.25) is 0 Å². The molecule has 5 heteroatoms. The smallest absolute Gasteiger partial charge is 0.177 e. The lowest BCUT2D eigenvalue weighted by atomic mass is 10.1. The minimum Gasteiger partial charge on any atom is -0.396 e. The second-order valence-corrected chi connectivity index (χ2v) is 6.19. The Morgan fingerprint density at radius 1 is 1.40 bits per heavy atom. The summed E-state index contributed by atoms with van der Waals surface area (Å²) in [6.45, 7) is 6.66. The number of unbranched alkanes of at least 4 members (excludes halogenated alkanes) is 3. The van der Waals surface area contributed by atoms with E-state index in [1.807, 2.05) is 13.8 Å². The van der Waals surface area contributed by atoms with E-state index in [0.717, 1.165) is 18.0 Å². The zero-order valence-electron chi connectivity index (χ0n) is 12.5. The van der Waals surface area contributed by atoms with Crippen molar-refractivity contribution in [2.24, 2.45) is 5.92 Å². The third-order valence-electron chi connectivity index (χ3n) is 3.12. The molecule has 20 heavy (non-hydrogen) atoms. The maximum absolute atomic E-state index is 12.1. The molecule has 0 saturated carbocycles. The Kier molecular flexibility index (Phi) is 6.53. The van der Waals surface area contributed by atoms with Crippen molar-refractivity contribution in [2.45, 2.75) is 46.5 Å². The summed E-state index contributed by atoms with van der Waals surface area (Å²) in [4.78, 5) is 12.6. The lowest BCUT2D eigenvalue weighted by Gasteiger charge is -2.03. The molecule has 0 unspecified atom stereocenters. The molecule has 0 atom stereocenters. The Labute approximate surface area is 125 Å². The molecule has 0 bridgehead atoms. The van der Waals surface area contributed by atoms with Crippen molar-refractivity contribution < 1.29 is 4.79 Å². The normalized spacial score (nSPS) is 10.6. The zero-order valence-corrected chi connectivity index (χ0v) is 13.3. The summed E-state index contributed by atoms with van der Waals surface area (Å²) in [6, 6.07) is 2.10. The van der Waals surface area contributed by atoms with E-state index in [0.29, 0.717) is 16.1 Å². The summed E-state index contributed by atoms with van der Waals surface area (Å²) in [6.07, 6.45) is 4.65. The average Bonchev–Trinajstić information content (AvgIpc) is 2.73. The number of nitrogens with two attached hydrogens (primary N) is 1. The standard InChI is InChI=1S/C15H23N3OS/c1-4-5-6-7-8-18-15-11(9-16)12(17)14(20-15)13(19)10(2)3/h10,18H,4-8,17H2,1-3H3. The fraction of sp³-hybridized carbons (Fsp3) is 0.600. The Morgan fingerprint density at radius 2 is 2.10 bits per heavy atom. The molecular weight excluding hydrogens is 270 g/mol. The van der Waals surface area contributed by atoms with E-state index in [-0.39, 0.29) is 11.7 Å². The van der Waals surface area contributed by atoms with Gasteiger partial charge in [-0.1, -0.05) is 40.0 Å². The zero-order chi connectivity index (χ0) is 15.1. The number of nitrogen functional groups attached to an aromatic ring is 1. The highest BCUT2D eigenvalue weighted by Gasteiger charge is 2.22. The number of Topliss-reactive ketones (excluding diaryl/α,β-unsaturated/α-hetero) is 1. The summed E-state index contributed by atoms with van der Waals surface area (Å²) in [5.74, 6) is -0.108. The topological polar surface area (TPSA) is 78.9 Å². The molecule has 1 heterocycles. The Hall–Kier alpha value is -1.54. The second-order valence-electron chi connectivity index (χ2n) is 5.17. The van der Waals surface area contributed by atoms with Crippen LogP contribution in [0.15, 0.2) is 0 Å². The van der Waals surface area contributed by atoms with E-state index in [1.54, 1.807) is 0 Å². The predicted molar refractivity (Wildman–Crippen MR) is 85.2 cm³/mol. The molecule has 0 spiro atoms. The van der Waals surface area contributed by atoms with Gasteiger partial charge in [-0.2, -0.15) is 5.26 Å². The third kappa shape index (κ3) is 3.97. The minimum atomic E-state index is -0.111. The molecule has 0 aliphatic rings. The number of carbonyl (C=O) groups is 1. The molecular formula is C15H23N3OS. The van der Waals surface area contributed by atoms with Gasteiger partial charge in [-0.15, -0.1) is 11.3 Å². The highest BCUT2D eigenvalue weighted by atomic mass is 32.1. The second kappa shape index (κ2) is 7.91. The minimum absolute atomic E-state index is 0.00281. The number of carbonyl (C=O) groups excluding carboxylic acids is 1. The summed E-state index contributed by atoms with van der Waals surface area (Å²) in [5, 5.41) is 13.2. The highest BCUT2D eigenvalue weighted by molar-refractivity contribution is 7.19. The van der Waals surface area contributed by atoms with Gasteiger partial charge in [0.15, 0.2) is 5.78 Å². The average molecular weight is 293 g/mol. The largest absolute Gasteiger partial charge is 0.396 e. The molecule has 4 nitrogen and oxygen atoms in total. The number of hydrogen-bond donors (Lipinski definition) is 2. The van der Waals surface area contributed by atoms with Gasteiger partial charge in [0.05, 0.1) is 10.6 Å². The van der Waals surface area contributed by atoms with Crippen molar-refractivity contribution in [3.8, 4) is 6.07 Å². The van der Waals surface area contributed by atoms with Crippen LogP contribution in [0.5, 0.6) is 0 Å². The van der Waals surface area contributed by atoms with Gasteiger partial charge < -0.3 is 11.1 Å². The molecule has 1 rings (SSSR count). The highest BCUT2D eigenvalue weighted by Crippen LogP contribution is 2.36. The van der Waals surface area contributed by atoms with Crippen LogP contribution < -0.4 is 11.1 Å². The fourth-order valence-electron chi connectivity index (χ4n) is 1.88. The SMILES string of the molecule is CCCCCCNc1sc(C(=O)C(C)C)c(N)c1C#N. The number of hydrogen-bond acceptors (Lipinski definition) is 5. The molecule has 1 aromatic rings. The van der Waals surface area contributed by atoms with Crippen molar-refractivity contribution in [3.05, 3.63) is 10.4 Å². The molecule has 3 N–H and O–H groups in total. The monoisotopic (exact) mass is 293 g/mol. The molecule has 0 radical (unpaired) electrons. The van der Waals surface area contributed by atoms with E-state index in [9.17, 15) is 10.1 Å². The lowest BCUT2D eigenvalue weighted by Crippen LogP contribution is -2.07. The molecule has 0 aromatic carbocycles. The van der Waals surface area contributed by atoms with Gasteiger partial charge in [0.25, 0.3) is 0 Å². The van der Waals surface area contributed by atoms with E-state index < -0.39 is 0 Å². The number of rotatable bonds is 8. The molecule has 0 amide bonds. The quantitative estimate of drug-likeness (QED) is 0.560. The van der Waals surface area contributed by atoms with Crippen LogP contribution in [0.25, 0.3) is 0 Å². The van der Waals surface area contributed by atoms with Crippen molar-refractivity contribution in [1.82, 2.24) is 0 Å². The molecule has 1 aromatic heterocycles. The summed E-state index contributed by atoms with van der Waals surface area (Å²) >= 11 is 1.30. The predicted octanol–water partition coefficient (Wildman–Crippen LogP) is 4.03. The van der Waals surface area contributed by atoms with Gasteiger partial charge in [-0.05, 0) is 6.42 Å². The van der Waals surface area contributed by atoms with Crippen LogP contribution in [0.3, 0.4) is 0 Å². The van der Waals surface area contributed by atoms with E-state index in [4.69, 9.17) is 5.73 Å². The summed E-state index contributed by atoms with van der Waals surface area (Å²) in [5.41, 5.74) is 6.67. The summed E-state index contributed by atoms with van der Waals surface area (Å²) < 4.78 is 0. The molecule has 0 aliphatic carbocycles. The first-order valence-electron chi connectivity index (χ1n) is 7.13. The van der Waals surface area contributed by atoms with Crippen LogP contribution >= 0.6 is 11.3 Å².